The van der Waals surface area contributed by atoms with Gasteiger partial charge in [0, 0.05) is 25.3 Å². The number of hydrogen-bond acceptors (Lipinski definition) is 2. The van der Waals surface area contributed by atoms with E-state index in [-0.39, 0.29) is 5.78 Å². The summed E-state index contributed by atoms with van der Waals surface area (Å²) in [5.41, 5.74) is 3.44. The molecule has 1 aromatic heterocycles. The summed E-state index contributed by atoms with van der Waals surface area (Å²) in [5.74, 6) is 0.261. The predicted octanol–water partition coefficient (Wildman–Crippen LogP) is 2.80. The minimum Gasteiger partial charge on any atom is -0.295 e. The van der Waals surface area contributed by atoms with E-state index in [9.17, 15) is 4.79 Å². The molecule has 92 valence electrons. The van der Waals surface area contributed by atoms with Crippen molar-refractivity contribution in [2.45, 2.75) is 25.7 Å². The van der Waals surface area contributed by atoms with Gasteiger partial charge >= 0.3 is 0 Å². The summed E-state index contributed by atoms with van der Waals surface area (Å²) in [4.78, 5) is 11.4. The third-order valence-electron chi connectivity index (χ3n) is 3.51. The van der Waals surface area contributed by atoms with Gasteiger partial charge in [0.15, 0.2) is 5.78 Å². The van der Waals surface area contributed by atoms with E-state index < -0.39 is 0 Å². The molecule has 0 N–H and O–H groups in total. The molecule has 18 heavy (non-hydrogen) atoms. The van der Waals surface area contributed by atoms with Gasteiger partial charge in [-0.1, -0.05) is 23.8 Å². The number of ketones is 1. The van der Waals surface area contributed by atoms with Crippen molar-refractivity contribution in [3.63, 3.8) is 0 Å². The van der Waals surface area contributed by atoms with Crippen molar-refractivity contribution >= 4 is 16.7 Å². The van der Waals surface area contributed by atoms with Crippen LogP contribution >= 0.6 is 0 Å². The Morgan fingerprint density at radius 1 is 1.28 bits per heavy atom. The van der Waals surface area contributed by atoms with E-state index in [0.29, 0.717) is 6.42 Å². The average molecular weight is 240 g/mol. The molecule has 0 atom stereocenters. The number of rotatable bonds is 2. The number of para-hydroxylation sites is 1. The molecule has 3 heteroatoms. The fourth-order valence-corrected chi connectivity index (χ4v) is 2.64. The Kier molecular flexibility index (Phi) is 2.74. The highest BCUT2D eigenvalue weighted by atomic mass is 16.1. The van der Waals surface area contributed by atoms with Crippen molar-refractivity contribution < 1.29 is 4.79 Å². The summed E-state index contributed by atoms with van der Waals surface area (Å²) in [6.45, 7) is 0. The molecule has 0 bridgehead atoms. The first-order valence-corrected chi connectivity index (χ1v) is 6.37. The molecule has 0 amide bonds. The van der Waals surface area contributed by atoms with Crippen LogP contribution in [0.15, 0.2) is 35.9 Å². The van der Waals surface area contributed by atoms with Gasteiger partial charge in [-0.05, 0) is 25.0 Å². The lowest BCUT2D eigenvalue weighted by Crippen LogP contribution is -2.05. The third-order valence-corrected chi connectivity index (χ3v) is 3.51. The quantitative estimate of drug-likeness (QED) is 0.809. The molecular weight excluding hydrogens is 224 g/mol. The van der Waals surface area contributed by atoms with E-state index in [1.165, 1.54) is 11.0 Å². The molecular formula is C15H16N2O. The highest BCUT2D eigenvalue weighted by molar-refractivity contribution is 5.91. The van der Waals surface area contributed by atoms with Gasteiger partial charge in [0.2, 0.25) is 0 Å². The summed E-state index contributed by atoms with van der Waals surface area (Å²) >= 11 is 0. The van der Waals surface area contributed by atoms with Crippen LogP contribution in [0.3, 0.4) is 0 Å². The van der Waals surface area contributed by atoms with Crippen LogP contribution in [0.25, 0.3) is 10.9 Å². The molecule has 1 aromatic carbocycles. The number of hydrogen-bond donors (Lipinski definition) is 0. The second-order valence-corrected chi connectivity index (χ2v) is 4.89. The van der Waals surface area contributed by atoms with Crippen molar-refractivity contribution in [2.75, 3.05) is 0 Å². The summed E-state index contributed by atoms with van der Waals surface area (Å²) < 4.78 is 1.91. The van der Waals surface area contributed by atoms with Crippen LogP contribution in [0.2, 0.25) is 0 Å². The lowest BCUT2D eigenvalue weighted by atomic mass is 9.94. The highest BCUT2D eigenvalue weighted by Gasteiger charge is 2.14. The van der Waals surface area contributed by atoms with E-state index >= 15 is 0 Å². The van der Waals surface area contributed by atoms with Gasteiger partial charge in [0.25, 0.3) is 0 Å². The first-order valence-electron chi connectivity index (χ1n) is 6.37. The van der Waals surface area contributed by atoms with Crippen molar-refractivity contribution in [2.24, 2.45) is 7.05 Å². The lowest BCUT2D eigenvalue weighted by Gasteiger charge is -2.10. The molecule has 0 aliphatic heterocycles. The van der Waals surface area contributed by atoms with E-state index in [1.807, 2.05) is 29.9 Å². The molecule has 0 saturated carbocycles. The summed E-state index contributed by atoms with van der Waals surface area (Å²) in [6.07, 6.45) is 5.32. The highest BCUT2D eigenvalue weighted by Crippen LogP contribution is 2.24. The molecule has 0 radical (unpaired) electrons. The van der Waals surface area contributed by atoms with Crippen molar-refractivity contribution in [1.82, 2.24) is 9.78 Å². The fourth-order valence-electron chi connectivity index (χ4n) is 2.64. The second kappa shape index (κ2) is 4.41. The molecule has 0 fully saturated rings. The van der Waals surface area contributed by atoms with Crippen molar-refractivity contribution in [3.8, 4) is 0 Å². The maximum atomic E-state index is 11.4. The Morgan fingerprint density at radius 3 is 2.94 bits per heavy atom. The molecule has 0 saturated heterocycles. The summed E-state index contributed by atoms with van der Waals surface area (Å²) in [6, 6.07) is 8.24. The molecule has 2 aromatic rings. The van der Waals surface area contributed by atoms with E-state index in [2.05, 4.69) is 17.2 Å². The zero-order chi connectivity index (χ0) is 12.5. The van der Waals surface area contributed by atoms with E-state index in [0.717, 1.165) is 30.5 Å². The van der Waals surface area contributed by atoms with Gasteiger partial charge in [0.05, 0.1) is 11.2 Å². The molecule has 1 aliphatic carbocycles. The number of allylic oxidation sites excluding steroid dienone is 2. The first kappa shape index (κ1) is 11.2. The van der Waals surface area contributed by atoms with E-state index in [4.69, 9.17) is 0 Å². The van der Waals surface area contributed by atoms with E-state index in [1.54, 1.807) is 0 Å². The number of nitrogens with zero attached hydrogens (tertiary/aromatic N) is 2. The normalized spacial score (nSPS) is 16.1. The Labute approximate surface area is 106 Å². The first-order chi connectivity index (χ1) is 8.74. The predicted molar refractivity (Wildman–Crippen MR) is 71.4 cm³/mol. The monoisotopic (exact) mass is 240 g/mol. The van der Waals surface area contributed by atoms with Gasteiger partial charge in [0.1, 0.15) is 0 Å². The Balaban J connectivity index is 1.98. The molecule has 1 aliphatic rings. The molecule has 3 rings (SSSR count). The number of fused-ring (bicyclic) bond motifs is 1. The number of aromatic nitrogens is 2. The maximum Gasteiger partial charge on any atom is 0.155 e. The zero-order valence-corrected chi connectivity index (χ0v) is 10.5. The number of aryl methyl sites for hydroxylation is 1. The van der Waals surface area contributed by atoms with Crippen LogP contribution in [-0.4, -0.2) is 15.6 Å². The number of carbonyl (C=O) groups is 1. The molecule has 3 nitrogen and oxygen atoms in total. The van der Waals surface area contributed by atoms with Gasteiger partial charge in [-0.25, -0.2) is 0 Å². The van der Waals surface area contributed by atoms with Crippen LogP contribution in [0.4, 0.5) is 0 Å². The summed E-state index contributed by atoms with van der Waals surface area (Å²) in [7, 11) is 1.96. The molecule has 0 unspecified atom stereocenters. The lowest BCUT2D eigenvalue weighted by molar-refractivity contribution is -0.115. The van der Waals surface area contributed by atoms with Crippen molar-refractivity contribution in [3.05, 3.63) is 41.6 Å². The molecule has 1 heterocycles. The second-order valence-electron chi connectivity index (χ2n) is 4.89. The van der Waals surface area contributed by atoms with Gasteiger partial charge in [-0.15, -0.1) is 0 Å². The van der Waals surface area contributed by atoms with Crippen LogP contribution in [0, 0.1) is 0 Å². The van der Waals surface area contributed by atoms with Crippen LogP contribution in [0.1, 0.15) is 25.0 Å². The third kappa shape index (κ3) is 1.96. The topological polar surface area (TPSA) is 34.9 Å². The van der Waals surface area contributed by atoms with Crippen molar-refractivity contribution in [1.29, 1.82) is 0 Å². The van der Waals surface area contributed by atoms with Gasteiger partial charge in [-0.3, -0.25) is 9.48 Å². The van der Waals surface area contributed by atoms with Crippen LogP contribution < -0.4 is 0 Å². The van der Waals surface area contributed by atoms with Gasteiger partial charge in [-0.2, -0.15) is 5.10 Å². The SMILES string of the molecule is Cn1nc(CC2=CC(=O)CCC2)c2ccccc21. The Bertz CT molecular complexity index is 637. The van der Waals surface area contributed by atoms with Crippen LogP contribution in [-0.2, 0) is 18.3 Å². The average Bonchev–Trinajstić information content (AvgIpc) is 2.67. The minimum atomic E-state index is 0.261. The minimum absolute atomic E-state index is 0.261. The largest absolute Gasteiger partial charge is 0.295 e. The standard InChI is InChI=1S/C15H16N2O/c1-17-15-8-3-2-7-13(15)14(16-17)10-11-5-4-6-12(18)9-11/h2-3,7-9H,4-6,10H2,1H3. The fraction of sp³-hybridized carbons (Fsp3) is 0.333. The Hall–Kier alpha value is -1.90. The Morgan fingerprint density at radius 2 is 2.11 bits per heavy atom. The zero-order valence-electron chi connectivity index (χ0n) is 10.5. The smallest absolute Gasteiger partial charge is 0.155 e. The number of carbonyl (C=O) groups excluding carboxylic acids is 1. The van der Waals surface area contributed by atoms with Gasteiger partial charge < -0.3 is 0 Å². The number of benzene rings is 1. The molecule has 0 spiro atoms. The maximum absolute atomic E-state index is 11.4. The van der Waals surface area contributed by atoms with Crippen LogP contribution in [0.5, 0.6) is 0 Å². The summed E-state index contributed by atoms with van der Waals surface area (Å²) in [5, 5.41) is 5.77.